The zero-order valence-corrected chi connectivity index (χ0v) is 8.40. The first-order chi connectivity index (χ1) is 7.74. The lowest BCUT2D eigenvalue weighted by Gasteiger charge is -2.22. The Labute approximate surface area is 92.3 Å². The molecule has 4 heteroatoms. The molecule has 16 heavy (non-hydrogen) atoms. The van der Waals surface area contributed by atoms with Gasteiger partial charge in [0.25, 0.3) is 0 Å². The Hall–Kier alpha value is -2.36. The lowest BCUT2D eigenvalue weighted by molar-refractivity contribution is 0.456. The summed E-state index contributed by atoms with van der Waals surface area (Å²) in [7, 11) is 0. The third-order valence-corrected chi connectivity index (χ3v) is 2.47. The van der Waals surface area contributed by atoms with E-state index in [1.54, 1.807) is 6.07 Å². The minimum absolute atomic E-state index is 0.0875. The highest BCUT2D eigenvalue weighted by Gasteiger charge is 2.19. The largest absolute Gasteiger partial charge is 0.506 e. The normalized spacial score (nSPS) is 12.0. The van der Waals surface area contributed by atoms with Gasteiger partial charge in [0.1, 0.15) is 11.4 Å². The molecular formula is C12H10N2O2. The molecule has 0 fully saturated rings. The number of phenolic OH excluding ortho intramolecular Hbond substituents is 1. The van der Waals surface area contributed by atoms with Crippen LogP contribution in [0.2, 0.25) is 0 Å². The summed E-state index contributed by atoms with van der Waals surface area (Å²) in [5.74, 6) is 1.35. The Morgan fingerprint density at radius 1 is 1.12 bits per heavy atom. The first-order valence-corrected chi connectivity index (χ1v) is 4.90. The molecule has 0 aliphatic carbocycles. The predicted octanol–water partition coefficient (Wildman–Crippen LogP) is 2.82. The Kier molecular flexibility index (Phi) is 1.71. The highest BCUT2D eigenvalue weighted by Crippen LogP contribution is 2.46. The van der Waals surface area contributed by atoms with Crippen LogP contribution in [0, 0.1) is 0 Å². The molecule has 0 bridgehead atoms. The van der Waals surface area contributed by atoms with Crippen molar-refractivity contribution in [3.8, 4) is 17.2 Å². The monoisotopic (exact) mass is 214 g/mol. The smallest absolute Gasteiger partial charge is 0.156 e. The fourth-order valence-electron chi connectivity index (χ4n) is 1.74. The summed E-state index contributed by atoms with van der Waals surface area (Å²) in [4.78, 5) is 0. The van der Waals surface area contributed by atoms with Gasteiger partial charge in [-0.15, -0.1) is 0 Å². The number of benzene rings is 2. The van der Waals surface area contributed by atoms with Crippen molar-refractivity contribution in [3.63, 3.8) is 0 Å². The van der Waals surface area contributed by atoms with Crippen molar-refractivity contribution in [1.29, 1.82) is 0 Å². The number of aromatic hydroxyl groups is 1. The van der Waals surface area contributed by atoms with E-state index in [0.29, 0.717) is 17.1 Å². The summed E-state index contributed by atoms with van der Waals surface area (Å²) in [5.41, 5.74) is 7.48. The summed E-state index contributed by atoms with van der Waals surface area (Å²) in [6.07, 6.45) is 0. The lowest BCUT2D eigenvalue weighted by atomic mass is 10.2. The SMILES string of the molecule is Nc1cc(O)c2c(c1)Oc1ccccc1N2. The summed E-state index contributed by atoms with van der Waals surface area (Å²) in [5, 5.41) is 12.8. The zero-order chi connectivity index (χ0) is 11.1. The molecule has 1 heterocycles. The van der Waals surface area contributed by atoms with Crippen LogP contribution < -0.4 is 15.8 Å². The van der Waals surface area contributed by atoms with Crippen molar-refractivity contribution in [2.75, 3.05) is 11.1 Å². The number of nitrogen functional groups attached to an aromatic ring is 1. The van der Waals surface area contributed by atoms with Crippen molar-refractivity contribution in [3.05, 3.63) is 36.4 Å². The van der Waals surface area contributed by atoms with Crippen molar-refractivity contribution in [1.82, 2.24) is 0 Å². The van der Waals surface area contributed by atoms with Crippen LogP contribution in [0.15, 0.2) is 36.4 Å². The molecule has 0 spiro atoms. The van der Waals surface area contributed by atoms with Crippen molar-refractivity contribution >= 4 is 17.1 Å². The Morgan fingerprint density at radius 3 is 2.81 bits per heavy atom. The maximum atomic E-state index is 9.74. The van der Waals surface area contributed by atoms with E-state index in [-0.39, 0.29) is 5.75 Å². The predicted molar refractivity (Wildman–Crippen MR) is 62.3 cm³/mol. The summed E-state index contributed by atoms with van der Waals surface area (Å²) in [6, 6.07) is 10.7. The van der Waals surface area contributed by atoms with Gasteiger partial charge in [0.15, 0.2) is 11.5 Å². The number of fused-ring (bicyclic) bond motifs is 2. The molecular weight excluding hydrogens is 204 g/mol. The minimum Gasteiger partial charge on any atom is -0.506 e. The van der Waals surface area contributed by atoms with E-state index in [4.69, 9.17) is 10.5 Å². The van der Waals surface area contributed by atoms with E-state index in [1.807, 2.05) is 24.3 Å². The van der Waals surface area contributed by atoms with Crippen LogP contribution in [0.1, 0.15) is 0 Å². The van der Waals surface area contributed by atoms with Crippen LogP contribution in [0.4, 0.5) is 17.1 Å². The number of phenols is 1. The van der Waals surface area contributed by atoms with E-state index >= 15 is 0 Å². The second-order valence-corrected chi connectivity index (χ2v) is 3.64. The highest BCUT2D eigenvalue weighted by atomic mass is 16.5. The Bertz CT molecular complexity index is 567. The van der Waals surface area contributed by atoms with Gasteiger partial charge in [0.2, 0.25) is 0 Å². The number of nitrogens with one attached hydrogen (secondary N) is 1. The minimum atomic E-state index is 0.0875. The number of anilines is 3. The van der Waals surface area contributed by atoms with Gasteiger partial charge in [-0.2, -0.15) is 0 Å². The van der Waals surface area contributed by atoms with Gasteiger partial charge in [0.05, 0.1) is 5.69 Å². The molecule has 0 unspecified atom stereocenters. The molecule has 80 valence electrons. The van der Waals surface area contributed by atoms with Crippen LogP contribution in [-0.2, 0) is 0 Å². The Balaban J connectivity index is 2.15. The van der Waals surface area contributed by atoms with Gasteiger partial charge >= 0.3 is 0 Å². The molecule has 2 aromatic rings. The van der Waals surface area contributed by atoms with Gasteiger partial charge in [-0.1, -0.05) is 12.1 Å². The fourth-order valence-corrected chi connectivity index (χ4v) is 1.74. The first-order valence-electron chi connectivity index (χ1n) is 4.90. The molecule has 0 saturated carbocycles. The number of hydrogen-bond donors (Lipinski definition) is 3. The van der Waals surface area contributed by atoms with E-state index in [1.165, 1.54) is 6.07 Å². The maximum absolute atomic E-state index is 9.74. The molecule has 2 aromatic carbocycles. The molecule has 0 amide bonds. The van der Waals surface area contributed by atoms with Crippen LogP contribution in [-0.4, -0.2) is 5.11 Å². The molecule has 4 nitrogen and oxygen atoms in total. The average molecular weight is 214 g/mol. The van der Waals surface area contributed by atoms with Crippen LogP contribution >= 0.6 is 0 Å². The van der Waals surface area contributed by atoms with Gasteiger partial charge in [-0.25, -0.2) is 0 Å². The molecule has 4 N–H and O–H groups in total. The summed E-state index contributed by atoms with van der Waals surface area (Å²) >= 11 is 0. The number of ether oxygens (including phenoxy) is 1. The molecule has 3 rings (SSSR count). The maximum Gasteiger partial charge on any atom is 0.156 e. The van der Waals surface area contributed by atoms with Crippen molar-refractivity contribution < 1.29 is 9.84 Å². The highest BCUT2D eigenvalue weighted by molar-refractivity contribution is 5.81. The Morgan fingerprint density at radius 2 is 1.94 bits per heavy atom. The molecule has 1 aliphatic rings. The van der Waals surface area contributed by atoms with E-state index < -0.39 is 0 Å². The van der Waals surface area contributed by atoms with Gasteiger partial charge in [0, 0.05) is 17.8 Å². The van der Waals surface area contributed by atoms with Crippen LogP contribution in [0.25, 0.3) is 0 Å². The number of rotatable bonds is 0. The molecule has 0 atom stereocenters. The number of hydrogen-bond acceptors (Lipinski definition) is 4. The third-order valence-electron chi connectivity index (χ3n) is 2.47. The van der Waals surface area contributed by atoms with Crippen molar-refractivity contribution in [2.24, 2.45) is 0 Å². The fraction of sp³-hybridized carbons (Fsp3) is 0. The molecule has 1 aliphatic heterocycles. The van der Waals surface area contributed by atoms with E-state index in [2.05, 4.69) is 5.32 Å². The molecule has 0 radical (unpaired) electrons. The standard InChI is InChI=1S/C12H10N2O2/c13-7-5-9(15)12-11(6-7)16-10-4-2-1-3-8(10)14-12/h1-6,14-15H,13H2. The van der Waals surface area contributed by atoms with Crippen molar-refractivity contribution in [2.45, 2.75) is 0 Å². The second-order valence-electron chi connectivity index (χ2n) is 3.64. The van der Waals surface area contributed by atoms with Gasteiger partial charge in [-0.05, 0) is 12.1 Å². The first kappa shape index (κ1) is 8.91. The lowest BCUT2D eigenvalue weighted by Crippen LogP contribution is -2.03. The molecule has 0 aromatic heterocycles. The van der Waals surface area contributed by atoms with Gasteiger partial charge in [-0.3, -0.25) is 0 Å². The van der Waals surface area contributed by atoms with E-state index in [0.717, 1.165) is 11.4 Å². The van der Waals surface area contributed by atoms with Gasteiger partial charge < -0.3 is 20.9 Å². The summed E-state index contributed by atoms with van der Waals surface area (Å²) in [6.45, 7) is 0. The number of para-hydroxylation sites is 2. The van der Waals surface area contributed by atoms with Crippen LogP contribution in [0.3, 0.4) is 0 Å². The molecule has 0 saturated heterocycles. The quantitative estimate of drug-likeness (QED) is 0.397. The topological polar surface area (TPSA) is 67.5 Å². The van der Waals surface area contributed by atoms with Crippen LogP contribution in [0.5, 0.6) is 17.2 Å². The third kappa shape index (κ3) is 1.24. The van der Waals surface area contributed by atoms with E-state index in [9.17, 15) is 5.11 Å². The average Bonchev–Trinajstić information content (AvgIpc) is 2.27. The second kappa shape index (κ2) is 3.06. The summed E-state index contributed by atoms with van der Waals surface area (Å²) < 4.78 is 5.64. The number of nitrogens with two attached hydrogens (primary N) is 1. The zero-order valence-electron chi connectivity index (χ0n) is 8.40.